The van der Waals surface area contributed by atoms with Crippen molar-refractivity contribution in [3.63, 3.8) is 0 Å². The molecule has 0 saturated carbocycles. The Morgan fingerprint density at radius 3 is 2.67 bits per heavy atom. The highest BCUT2D eigenvalue weighted by molar-refractivity contribution is 5.38. The van der Waals surface area contributed by atoms with Gasteiger partial charge >= 0.3 is 0 Å². The lowest BCUT2D eigenvalue weighted by molar-refractivity contribution is 0.0723. The predicted molar refractivity (Wildman–Crippen MR) is 56.2 cm³/mol. The van der Waals surface area contributed by atoms with Crippen molar-refractivity contribution < 1.29 is 5.11 Å². The van der Waals surface area contributed by atoms with Crippen LogP contribution in [0.2, 0.25) is 0 Å². The fourth-order valence-corrected chi connectivity index (χ4v) is 1.76. The first-order chi connectivity index (χ1) is 7.23. The van der Waals surface area contributed by atoms with Gasteiger partial charge in [0.15, 0.2) is 5.60 Å². The molecule has 0 atom stereocenters. The third kappa shape index (κ3) is 2.08. The number of aromatic nitrogens is 1. The van der Waals surface area contributed by atoms with E-state index in [2.05, 4.69) is 9.88 Å². The van der Waals surface area contributed by atoms with Crippen molar-refractivity contribution in [3.8, 4) is 6.07 Å². The summed E-state index contributed by atoms with van der Waals surface area (Å²) in [7, 11) is 0. The van der Waals surface area contributed by atoms with Crippen molar-refractivity contribution in [3.05, 3.63) is 24.4 Å². The van der Waals surface area contributed by atoms with E-state index in [1.807, 2.05) is 24.3 Å². The largest absolute Gasteiger partial charge is 0.375 e. The molecule has 2 rings (SSSR count). The lowest BCUT2D eigenvalue weighted by Gasteiger charge is -2.34. The minimum absolute atomic E-state index is 0.486. The van der Waals surface area contributed by atoms with Crippen LogP contribution in [0.15, 0.2) is 24.4 Å². The lowest BCUT2D eigenvalue weighted by Crippen LogP contribution is -2.43. The van der Waals surface area contributed by atoms with Crippen LogP contribution < -0.4 is 4.90 Å². The smallest absolute Gasteiger partial charge is 0.154 e. The highest BCUT2D eigenvalue weighted by Crippen LogP contribution is 2.24. The molecule has 78 valence electrons. The highest BCUT2D eigenvalue weighted by atomic mass is 16.3. The quantitative estimate of drug-likeness (QED) is 0.690. The van der Waals surface area contributed by atoms with Gasteiger partial charge in [0.05, 0.1) is 6.07 Å². The minimum Gasteiger partial charge on any atom is -0.375 e. The number of pyridine rings is 1. The van der Waals surface area contributed by atoms with Gasteiger partial charge in [0, 0.05) is 32.1 Å². The van der Waals surface area contributed by atoms with E-state index in [0.717, 1.165) is 5.82 Å². The van der Waals surface area contributed by atoms with Crippen LogP contribution in [-0.4, -0.2) is 28.8 Å². The van der Waals surface area contributed by atoms with Gasteiger partial charge in [-0.15, -0.1) is 0 Å². The normalized spacial score (nSPS) is 19.6. The number of rotatable bonds is 1. The maximum atomic E-state index is 9.74. The summed E-state index contributed by atoms with van der Waals surface area (Å²) in [5, 5.41) is 18.5. The Labute approximate surface area is 88.8 Å². The molecule has 2 heterocycles. The van der Waals surface area contributed by atoms with Crippen LogP contribution in [0.5, 0.6) is 0 Å². The Kier molecular flexibility index (Phi) is 2.57. The summed E-state index contributed by atoms with van der Waals surface area (Å²) >= 11 is 0. The summed E-state index contributed by atoms with van der Waals surface area (Å²) in [4.78, 5) is 6.33. The molecule has 0 amide bonds. The maximum Gasteiger partial charge on any atom is 0.154 e. The molecule has 1 aromatic rings. The van der Waals surface area contributed by atoms with E-state index in [-0.39, 0.29) is 0 Å². The zero-order chi connectivity index (χ0) is 10.7. The molecule has 0 unspecified atom stereocenters. The number of hydrogen-bond acceptors (Lipinski definition) is 4. The van der Waals surface area contributed by atoms with Gasteiger partial charge in [0.1, 0.15) is 5.82 Å². The maximum absolute atomic E-state index is 9.74. The van der Waals surface area contributed by atoms with Crippen molar-refractivity contribution in [1.29, 1.82) is 5.26 Å². The van der Waals surface area contributed by atoms with E-state index in [0.29, 0.717) is 25.9 Å². The molecular formula is C11H13N3O. The van der Waals surface area contributed by atoms with Gasteiger partial charge in [-0.05, 0) is 12.1 Å². The topological polar surface area (TPSA) is 60.1 Å². The summed E-state index contributed by atoms with van der Waals surface area (Å²) < 4.78 is 0. The number of nitriles is 1. The lowest BCUT2D eigenvalue weighted by atomic mass is 9.93. The Balaban J connectivity index is 2.04. The number of aliphatic hydroxyl groups is 1. The second kappa shape index (κ2) is 3.87. The van der Waals surface area contributed by atoms with Crippen molar-refractivity contribution in [2.75, 3.05) is 18.0 Å². The Morgan fingerprint density at radius 2 is 2.13 bits per heavy atom. The Bertz CT molecular complexity index is 363. The molecule has 0 bridgehead atoms. The standard InChI is InChI=1S/C11H13N3O/c12-9-11(15)4-7-14(8-5-11)10-3-1-2-6-13-10/h1-3,6,15H,4-5,7-8H2. The van der Waals surface area contributed by atoms with Gasteiger partial charge in [0.2, 0.25) is 0 Å². The predicted octanol–water partition coefficient (Wildman–Crippen LogP) is 0.936. The molecule has 4 nitrogen and oxygen atoms in total. The molecule has 1 saturated heterocycles. The van der Waals surface area contributed by atoms with Crippen LogP contribution in [0, 0.1) is 11.3 Å². The highest BCUT2D eigenvalue weighted by Gasteiger charge is 2.32. The van der Waals surface area contributed by atoms with E-state index >= 15 is 0 Å². The van der Waals surface area contributed by atoms with Crippen LogP contribution in [0.1, 0.15) is 12.8 Å². The molecule has 0 aromatic carbocycles. The van der Waals surface area contributed by atoms with E-state index in [9.17, 15) is 5.11 Å². The van der Waals surface area contributed by atoms with E-state index in [1.165, 1.54) is 0 Å². The molecule has 0 radical (unpaired) electrons. The van der Waals surface area contributed by atoms with Crippen LogP contribution in [0.4, 0.5) is 5.82 Å². The van der Waals surface area contributed by atoms with Gasteiger partial charge in [0.25, 0.3) is 0 Å². The van der Waals surface area contributed by atoms with Crippen molar-refractivity contribution >= 4 is 5.82 Å². The number of piperidine rings is 1. The van der Waals surface area contributed by atoms with Crippen LogP contribution in [-0.2, 0) is 0 Å². The molecule has 0 spiro atoms. The Morgan fingerprint density at radius 1 is 1.40 bits per heavy atom. The fourth-order valence-electron chi connectivity index (χ4n) is 1.76. The summed E-state index contributed by atoms with van der Waals surface area (Å²) in [6.45, 7) is 1.36. The first-order valence-electron chi connectivity index (χ1n) is 5.03. The van der Waals surface area contributed by atoms with Crippen LogP contribution >= 0.6 is 0 Å². The van der Waals surface area contributed by atoms with Gasteiger partial charge in [-0.25, -0.2) is 4.98 Å². The SMILES string of the molecule is N#CC1(O)CCN(c2ccccn2)CC1. The van der Waals surface area contributed by atoms with E-state index in [1.54, 1.807) is 6.20 Å². The first-order valence-corrected chi connectivity index (χ1v) is 5.03. The summed E-state index contributed by atoms with van der Waals surface area (Å²) in [5.41, 5.74) is -1.13. The molecule has 1 aliphatic heterocycles. The second-order valence-corrected chi connectivity index (χ2v) is 3.82. The third-order valence-electron chi connectivity index (χ3n) is 2.77. The van der Waals surface area contributed by atoms with Crippen molar-refractivity contribution in [1.82, 2.24) is 4.98 Å². The zero-order valence-corrected chi connectivity index (χ0v) is 8.43. The molecular weight excluding hydrogens is 190 g/mol. The molecule has 1 N–H and O–H groups in total. The van der Waals surface area contributed by atoms with Gasteiger partial charge in [-0.1, -0.05) is 6.07 Å². The van der Waals surface area contributed by atoms with Gasteiger partial charge < -0.3 is 10.0 Å². The third-order valence-corrected chi connectivity index (χ3v) is 2.77. The number of nitrogens with zero attached hydrogens (tertiary/aromatic N) is 3. The molecule has 1 aromatic heterocycles. The average molecular weight is 203 g/mol. The second-order valence-electron chi connectivity index (χ2n) is 3.82. The number of anilines is 1. The summed E-state index contributed by atoms with van der Waals surface area (Å²) in [6, 6.07) is 7.71. The summed E-state index contributed by atoms with van der Waals surface area (Å²) in [6.07, 6.45) is 2.72. The van der Waals surface area contributed by atoms with E-state index in [4.69, 9.17) is 5.26 Å². The summed E-state index contributed by atoms with van der Waals surface area (Å²) in [5.74, 6) is 0.914. The minimum atomic E-state index is -1.13. The zero-order valence-electron chi connectivity index (χ0n) is 8.43. The van der Waals surface area contributed by atoms with Crippen molar-refractivity contribution in [2.45, 2.75) is 18.4 Å². The van der Waals surface area contributed by atoms with E-state index < -0.39 is 5.60 Å². The monoisotopic (exact) mass is 203 g/mol. The first kappa shape index (κ1) is 9.94. The fraction of sp³-hybridized carbons (Fsp3) is 0.455. The molecule has 0 aliphatic carbocycles. The van der Waals surface area contributed by atoms with Gasteiger partial charge in [-0.2, -0.15) is 5.26 Å². The Hall–Kier alpha value is -1.60. The van der Waals surface area contributed by atoms with Gasteiger partial charge in [-0.3, -0.25) is 0 Å². The number of hydrogen-bond donors (Lipinski definition) is 1. The average Bonchev–Trinajstić information content (AvgIpc) is 2.31. The van der Waals surface area contributed by atoms with Crippen LogP contribution in [0.25, 0.3) is 0 Å². The molecule has 4 heteroatoms. The van der Waals surface area contributed by atoms with Crippen molar-refractivity contribution in [2.24, 2.45) is 0 Å². The molecule has 15 heavy (non-hydrogen) atoms. The molecule has 1 fully saturated rings. The molecule has 1 aliphatic rings. The van der Waals surface area contributed by atoms with Crippen LogP contribution in [0.3, 0.4) is 0 Å².